The zero-order valence-electron chi connectivity index (χ0n) is 9.59. The average Bonchev–Trinajstić information content (AvgIpc) is 2.69. The van der Waals surface area contributed by atoms with Crippen molar-refractivity contribution in [3.05, 3.63) is 30.3 Å². The van der Waals surface area contributed by atoms with Crippen molar-refractivity contribution < 1.29 is 19.1 Å². The summed E-state index contributed by atoms with van der Waals surface area (Å²) in [6.45, 7) is 1.70. The number of cyclic esters (lactones) is 1. The number of ether oxygens (including phenoxy) is 2. The van der Waals surface area contributed by atoms with E-state index in [-0.39, 0.29) is 11.9 Å². The molecule has 2 rings (SSSR count). The lowest BCUT2D eigenvalue weighted by Crippen LogP contribution is -2.17. The minimum Gasteiger partial charge on any atom is -0.490 e. The van der Waals surface area contributed by atoms with Crippen LogP contribution in [0.5, 0.6) is 5.75 Å². The number of para-hydroxylation sites is 1. The number of carbonyl (C=O) groups is 2. The smallest absolute Gasteiger partial charge is 0.317 e. The zero-order chi connectivity index (χ0) is 12.3. The highest BCUT2D eigenvalue weighted by molar-refractivity contribution is 5.98. The van der Waals surface area contributed by atoms with Crippen LogP contribution in [-0.4, -0.2) is 24.5 Å². The van der Waals surface area contributed by atoms with Gasteiger partial charge in [0.15, 0.2) is 0 Å². The van der Waals surface area contributed by atoms with Crippen molar-refractivity contribution in [1.29, 1.82) is 0 Å². The Morgan fingerprint density at radius 1 is 1.41 bits per heavy atom. The highest BCUT2D eigenvalue weighted by atomic mass is 16.6. The van der Waals surface area contributed by atoms with Crippen LogP contribution in [0.15, 0.2) is 30.3 Å². The molecule has 0 aromatic heterocycles. The van der Waals surface area contributed by atoms with Crippen molar-refractivity contribution >= 4 is 11.8 Å². The van der Waals surface area contributed by atoms with Crippen molar-refractivity contribution in [3.8, 4) is 5.75 Å². The van der Waals surface area contributed by atoms with E-state index >= 15 is 0 Å². The van der Waals surface area contributed by atoms with Gasteiger partial charge in [0, 0.05) is 6.42 Å². The average molecular weight is 234 g/mol. The third-order valence-electron chi connectivity index (χ3n) is 2.74. The number of ketones is 1. The zero-order valence-corrected chi connectivity index (χ0v) is 9.59. The van der Waals surface area contributed by atoms with Crippen LogP contribution >= 0.6 is 0 Å². The Balaban J connectivity index is 1.86. The standard InChI is InChI=1S/C13H14O4/c1-9(14)12-7-11(17-13(12)15)8-16-10-5-3-2-4-6-10/h2-6,11-12H,7-8H2,1H3. The van der Waals surface area contributed by atoms with E-state index in [9.17, 15) is 9.59 Å². The highest BCUT2D eigenvalue weighted by Gasteiger charge is 2.37. The second-order valence-corrected chi connectivity index (χ2v) is 4.08. The number of benzene rings is 1. The first-order valence-electron chi connectivity index (χ1n) is 5.55. The molecule has 1 aliphatic rings. The molecule has 4 heteroatoms. The van der Waals surface area contributed by atoms with Crippen LogP contribution in [0.4, 0.5) is 0 Å². The van der Waals surface area contributed by atoms with Crippen LogP contribution in [0.1, 0.15) is 13.3 Å². The maximum absolute atomic E-state index is 11.3. The predicted octanol–water partition coefficient (Wildman–Crippen LogP) is 1.59. The minimum absolute atomic E-state index is 0.141. The third kappa shape index (κ3) is 2.84. The second-order valence-electron chi connectivity index (χ2n) is 4.08. The molecule has 0 saturated carbocycles. The maximum atomic E-state index is 11.3. The molecule has 2 atom stereocenters. The van der Waals surface area contributed by atoms with Crippen LogP contribution < -0.4 is 4.74 Å². The van der Waals surface area contributed by atoms with Crippen LogP contribution in [0.3, 0.4) is 0 Å². The Kier molecular flexibility index (Phi) is 3.42. The fraction of sp³-hybridized carbons (Fsp3) is 0.385. The second kappa shape index (κ2) is 4.99. The molecule has 0 N–H and O–H groups in total. The van der Waals surface area contributed by atoms with E-state index in [1.54, 1.807) is 0 Å². The van der Waals surface area contributed by atoms with E-state index in [1.807, 2.05) is 30.3 Å². The van der Waals surface area contributed by atoms with Gasteiger partial charge in [-0.3, -0.25) is 9.59 Å². The summed E-state index contributed by atoms with van der Waals surface area (Å²) in [7, 11) is 0. The van der Waals surface area contributed by atoms with Crippen LogP contribution in [0.2, 0.25) is 0 Å². The number of rotatable bonds is 4. The van der Waals surface area contributed by atoms with E-state index in [0.717, 1.165) is 5.75 Å². The monoisotopic (exact) mass is 234 g/mol. The lowest BCUT2D eigenvalue weighted by molar-refractivity contribution is -0.147. The van der Waals surface area contributed by atoms with Crippen molar-refractivity contribution in [2.24, 2.45) is 5.92 Å². The normalized spacial score (nSPS) is 23.2. The molecule has 0 bridgehead atoms. The van der Waals surface area contributed by atoms with E-state index in [0.29, 0.717) is 13.0 Å². The molecular formula is C13H14O4. The van der Waals surface area contributed by atoms with Gasteiger partial charge in [-0.2, -0.15) is 0 Å². The molecule has 1 fully saturated rings. The molecule has 1 saturated heterocycles. The summed E-state index contributed by atoms with van der Waals surface area (Å²) in [5, 5.41) is 0. The van der Waals surface area contributed by atoms with Gasteiger partial charge in [-0.1, -0.05) is 18.2 Å². The molecule has 0 spiro atoms. The number of hydrogen-bond donors (Lipinski definition) is 0. The largest absolute Gasteiger partial charge is 0.490 e. The maximum Gasteiger partial charge on any atom is 0.317 e. The minimum atomic E-state index is -0.612. The SMILES string of the molecule is CC(=O)C1CC(COc2ccccc2)OC1=O. The van der Waals surface area contributed by atoms with E-state index in [2.05, 4.69) is 0 Å². The van der Waals surface area contributed by atoms with Gasteiger partial charge < -0.3 is 9.47 Å². The Morgan fingerprint density at radius 2 is 2.12 bits per heavy atom. The van der Waals surface area contributed by atoms with Crippen molar-refractivity contribution in [2.45, 2.75) is 19.4 Å². The molecule has 1 aromatic rings. The Hall–Kier alpha value is -1.84. The lowest BCUT2D eigenvalue weighted by atomic mass is 10.0. The molecule has 1 heterocycles. The lowest BCUT2D eigenvalue weighted by Gasteiger charge is -2.10. The molecular weight excluding hydrogens is 220 g/mol. The molecule has 2 unspecified atom stereocenters. The number of esters is 1. The molecule has 1 aliphatic heterocycles. The van der Waals surface area contributed by atoms with Gasteiger partial charge in [0.1, 0.15) is 30.2 Å². The van der Waals surface area contributed by atoms with Crippen LogP contribution in [0.25, 0.3) is 0 Å². The van der Waals surface area contributed by atoms with Gasteiger partial charge in [-0.05, 0) is 19.1 Å². The topological polar surface area (TPSA) is 52.6 Å². The Morgan fingerprint density at radius 3 is 2.71 bits per heavy atom. The Labute approximate surface area is 99.5 Å². The summed E-state index contributed by atoms with van der Waals surface area (Å²) in [5.74, 6) is -0.453. The van der Waals surface area contributed by atoms with Crippen molar-refractivity contribution in [1.82, 2.24) is 0 Å². The number of hydrogen-bond acceptors (Lipinski definition) is 4. The van der Waals surface area contributed by atoms with Gasteiger partial charge in [0.05, 0.1) is 0 Å². The molecule has 0 aliphatic carbocycles. The first kappa shape index (κ1) is 11.6. The molecule has 0 radical (unpaired) electrons. The van der Waals surface area contributed by atoms with E-state index < -0.39 is 11.9 Å². The number of carbonyl (C=O) groups excluding carboxylic acids is 2. The fourth-order valence-electron chi connectivity index (χ4n) is 1.79. The molecule has 1 aromatic carbocycles. The van der Waals surface area contributed by atoms with Crippen LogP contribution in [-0.2, 0) is 14.3 Å². The summed E-state index contributed by atoms with van der Waals surface area (Å²) >= 11 is 0. The number of Topliss-reactive ketones (excluding diaryl/α,β-unsaturated/α-hetero) is 1. The quantitative estimate of drug-likeness (QED) is 0.586. The van der Waals surface area contributed by atoms with Crippen molar-refractivity contribution in [3.63, 3.8) is 0 Å². The van der Waals surface area contributed by atoms with Crippen LogP contribution in [0, 0.1) is 5.92 Å². The van der Waals surface area contributed by atoms with E-state index in [4.69, 9.17) is 9.47 Å². The molecule has 90 valence electrons. The van der Waals surface area contributed by atoms with Gasteiger partial charge in [0.25, 0.3) is 0 Å². The summed E-state index contributed by atoms with van der Waals surface area (Å²) < 4.78 is 10.6. The first-order valence-corrected chi connectivity index (χ1v) is 5.55. The van der Waals surface area contributed by atoms with Gasteiger partial charge in [-0.15, -0.1) is 0 Å². The van der Waals surface area contributed by atoms with Gasteiger partial charge in [-0.25, -0.2) is 0 Å². The summed E-state index contributed by atoms with van der Waals surface area (Å²) in [5.41, 5.74) is 0. The van der Waals surface area contributed by atoms with Gasteiger partial charge >= 0.3 is 5.97 Å². The third-order valence-corrected chi connectivity index (χ3v) is 2.74. The first-order chi connectivity index (χ1) is 8.16. The van der Waals surface area contributed by atoms with E-state index in [1.165, 1.54) is 6.92 Å². The summed E-state index contributed by atoms with van der Waals surface area (Å²) in [6, 6.07) is 9.30. The molecule has 4 nitrogen and oxygen atoms in total. The van der Waals surface area contributed by atoms with Crippen molar-refractivity contribution in [2.75, 3.05) is 6.61 Å². The fourth-order valence-corrected chi connectivity index (χ4v) is 1.79. The summed E-state index contributed by atoms with van der Waals surface area (Å²) in [6.07, 6.45) is 0.0951. The predicted molar refractivity (Wildman–Crippen MR) is 60.6 cm³/mol. The molecule has 0 amide bonds. The molecule has 17 heavy (non-hydrogen) atoms. The summed E-state index contributed by atoms with van der Waals surface area (Å²) in [4.78, 5) is 22.5. The highest BCUT2D eigenvalue weighted by Crippen LogP contribution is 2.22. The Bertz CT molecular complexity index is 413. The van der Waals surface area contributed by atoms with Gasteiger partial charge in [0.2, 0.25) is 0 Å².